The predicted octanol–water partition coefficient (Wildman–Crippen LogP) is 4.43. The van der Waals surface area contributed by atoms with Crippen molar-refractivity contribution in [1.82, 2.24) is 9.80 Å². The van der Waals surface area contributed by atoms with Crippen molar-refractivity contribution in [2.45, 2.75) is 110 Å². The smallest absolute Gasteiger partial charge is 0.400 e. The van der Waals surface area contributed by atoms with E-state index < -0.39 is 11.6 Å². The number of carbonyl (C=O) groups is 1. The van der Waals surface area contributed by atoms with Crippen molar-refractivity contribution < 1.29 is 18.5 Å². The minimum atomic E-state index is -0.701. The molecule has 5 aliphatic rings. The zero-order chi connectivity index (χ0) is 23.1. The average Bonchev–Trinajstić information content (AvgIpc) is 3.01. The zero-order valence-electron chi connectivity index (χ0n) is 20.5. The third-order valence-electron chi connectivity index (χ3n) is 8.98. The van der Waals surface area contributed by atoms with Crippen LogP contribution in [0.25, 0.3) is 0 Å². The number of piperidine rings is 1. The molecule has 0 bridgehead atoms. The number of likely N-dealkylation sites (tertiary alicyclic amines) is 1. The maximum atomic E-state index is 13.9. The van der Waals surface area contributed by atoms with E-state index in [-0.39, 0.29) is 30.3 Å². The maximum Gasteiger partial charge on any atom is 0.490 e. The Balaban J connectivity index is 1.36. The number of hydrogen-bond acceptors (Lipinski definition) is 4. The van der Waals surface area contributed by atoms with E-state index in [1.165, 1.54) is 5.57 Å². The Bertz CT molecular complexity index is 858. The van der Waals surface area contributed by atoms with Crippen LogP contribution in [-0.2, 0) is 14.1 Å². The lowest BCUT2D eigenvalue weighted by molar-refractivity contribution is -0.138. The molecule has 0 spiro atoms. The van der Waals surface area contributed by atoms with Gasteiger partial charge < -0.3 is 14.2 Å². The zero-order valence-corrected chi connectivity index (χ0v) is 20.5. The molecule has 0 aromatic carbocycles. The number of halogens is 1. The summed E-state index contributed by atoms with van der Waals surface area (Å²) in [5, 5.41) is 0. The minimum Gasteiger partial charge on any atom is -0.400 e. The second-order valence-corrected chi connectivity index (χ2v) is 12.0. The van der Waals surface area contributed by atoms with Gasteiger partial charge in [0, 0.05) is 24.3 Å². The molecule has 3 aliphatic heterocycles. The lowest BCUT2D eigenvalue weighted by atomic mass is 9.70. The number of allylic oxidation sites excluding steroid dienone is 2. The Morgan fingerprint density at radius 2 is 1.69 bits per heavy atom. The third kappa shape index (κ3) is 3.42. The summed E-state index contributed by atoms with van der Waals surface area (Å²) in [6, 6.07) is 0.599. The Morgan fingerprint density at radius 1 is 1.03 bits per heavy atom. The monoisotopic (exact) mass is 444 g/mol. The lowest BCUT2D eigenvalue weighted by Crippen LogP contribution is -2.57. The van der Waals surface area contributed by atoms with E-state index in [9.17, 15) is 9.18 Å². The van der Waals surface area contributed by atoms with Gasteiger partial charge in [-0.1, -0.05) is 0 Å². The molecule has 3 fully saturated rings. The molecule has 0 N–H and O–H groups in total. The summed E-state index contributed by atoms with van der Waals surface area (Å²) < 4.78 is 26.5. The fourth-order valence-electron chi connectivity index (χ4n) is 6.01. The molecular formula is C25H38BFN2O3. The number of hydrogen-bond donors (Lipinski definition) is 0. The van der Waals surface area contributed by atoms with Gasteiger partial charge in [0.2, 0.25) is 5.91 Å². The first-order chi connectivity index (χ1) is 14.9. The molecule has 2 saturated heterocycles. The highest BCUT2D eigenvalue weighted by molar-refractivity contribution is 6.54. The number of alkyl halides is 1. The second kappa shape index (κ2) is 7.41. The van der Waals surface area contributed by atoms with E-state index in [0.29, 0.717) is 19.0 Å². The molecule has 1 saturated carbocycles. The summed E-state index contributed by atoms with van der Waals surface area (Å²) in [4.78, 5) is 17.9. The van der Waals surface area contributed by atoms with E-state index >= 15 is 0 Å². The molecule has 7 heteroatoms. The van der Waals surface area contributed by atoms with Gasteiger partial charge in [0.05, 0.1) is 16.6 Å². The summed E-state index contributed by atoms with van der Waals surface area (Å²) in [7, 11) is -0.362. The first-order valence-electron chi connectivity index (χ1n) is 12.4. The van der Waals surface area contributed by atoms with E-state index in [1.807, 2.05) is 0 Å². The quantitative estimate of drug-likeness (QED) is 0.605. The molecule has 3 heterocycles. The van der Waals surface area contributed by atoms with Gasteiger partial charge >= 0.3 is 7.12 Å². The van der Waals surface area contributed by atoms with E-state index in [1.54, 1.807) is 0 Å². The van der Waals surface area contributed by atoms with Gasteiger partial charge in [-0.25, -0.2) is 4.39 Å². The third-order valence-corrected chi connectivity index (χ3v) is 8.98. The van der Waals surface area contributed by atoms with Gasteiger partial charge in [0.1, 0.15) is 6.17 Å². The first-order valence-corrected chi connectivity index (χ1v) is 12.4. The molecule has 2 aliphatic carbocycles. The fraction of sp³-hybridized carbons (Fsp3) is 0.800. The maximum absolute atomic E-state index is 13.9. The van der Waals surface area contributed by atoms with Crippen molar-refractivity contribution in [2.75, 3.05) is 13.1 Å². The molecule has 5 rings (SSSR count). The largest absolute Gasteiger partial charge is 0.490 e. The topological polar surface area (TPSA) is 42.0 Å². The van der Waals surface area contributed by atoms with Gasteiger partial charge in [0.15, 0.2) is 0 Å². The van der Waals surface area contributed by atoms with Crippen LogP contribution in [0.2, 0.25) is 0 Å². The van der Waals surface area contributed by atoms with Gasteiger partial charge in [-0.3, -0.25) is 9.69 Å². The molecule has 5 nitrogen and oxygen atoms in total. The Hall–Kier alpha value is -1.18. The van der Waals surface area contributed by atoms with Crippen LogP contribution in [0.3, 0.4) is 0 Å². The van der Waals surface area contributed by atoms with Gasteiger partial charge in [0.25, 0.3) is 0 Å². The van der Waals surface area contributed by atoms with E-state index in [0.717, 1.165) is 49.8 Å². The van der Waals surface area contributed by atoms with Crippen molar-refractivity contribution >= 4 is 13.0 Å². The van der Waals surface area contributed by atoms with Crippen LogP contribution >= 0.6 is 0 Å². The number of carbonyl (C=O) groups excluding carboxylic acids is 1. The Morgan fingerprint density at radius 3 is 2.31 bits per heavy atom. The van der Waals surface area contributed by atoms with Crippen molar-refractivity contribution in [1.29, 1.82) is 0 Å². The van der Waals surface area contributed by atoms with Crippen LogP contribution in [0.5, 0.6) is 0 Å². The number of rotatable bonds is 3. The van der Waals surface area contributed by atoms with E-state index in [4.69, 9.17) is 9.31 Å². The van der Waals surface area contributed by atoms with Gasteiger partial charge in [-0.2, -0.15) is 0 Å². The number of amides is 1. The number of nitrogens with zero attached hydrogens (tertiary/aromatic N) is 2. The Kier molecular flexibility index (Phi) is 5.24. The highest BCUT2D eigenvalue weighted by Crippen LogP contribution is 2.50. The van der Waals surface area contributed by atoms with Crippen molar-refractivity contribution in [3.8, 4) is 0 Å². The first kappa shape index (κ1) is 22.6. The molecule has 176 valence electrons. The van der Waals surface area contributed by atoms with Crippen LogP contribution in [0.15, 0.2) is 22.8 Å². The van der Waals surface area contributed by atoms with Gasteiger partial charge in [-0.05, 0) is 104 Å². The molecule has 1 amide bonds. The summed E-state index contributed by atoms with van der Waals surface area (Å²) in [6.07, 6.45) is 6.70. The van der Waals surface area contributed by atoms with Crippen molar-refractivity contribution in [3.05, 3.63) is 22.8 Å². The highest BCUT2D eigenvalue weighted by Gasteiger charge is 2.55. The molecule has 0 aromatic rings. The van der Waals surface area contributed by atoms with E-state index in [2.05, 4.69) is 57.4 Å². The standard InChI is InChI=1S/C25H38BFN2O3/c1-23(2)20-10-9-16(26-31-24(3,4)25(5,6)32-26)12-21(20)29(22(23)30)19-13-18(14-19)28-11-7-8-17(27)15-28/h12,17-19H,7-11,13-15H2,1-6H3/t17-,18?,19?/m1/s1. The van der Waals surface area contributed by atoms with Crippen LogP contribution < -0.4 is 0 Å². The summed E-state index contributed by atoms with van der Waals surface area (Å²) in [5.74, 6) is 0.208. The van der Waals surface area contributed by atoms with Gasteiger partial charge in [-0.15, -0.1) is 0 Å². The molecule has 0 radical (unpaired) electrons. The molecule has 32 heavy (non-hydrogen) atoms. The fourth-order valence-corrected chi connectivity index (χ4v) is 6.01. The molecule has 1 atom stereocenters. The summed E-state index contributed by atoms with van der Waals surface area (Å²) in [6.45, 7) is 14.0. The van der Waals surface area contributed by atoms with Crippen molar-refractivity contribution in [3.63, 3.8) is 0 Å². The second-order valence-electron chi connectivity index (χ2n) is 12.0. The molecule has 0 aromatic heterocycles. The summed E-state index contributed by atoms with van der Waals surface area (Å²) >= 11 is 0. The Labute approximate surface area is 192 Å². The highest BCUT2D eigenvalue weighted by atomic mass is 19.1. The predicted molar refractivity (Wildman–Crippen MR) is 124 cm³/mol. The minimum absolute atomic E-state index is 0.202. The van der Waals surface area contributed by atoms with Crippen molar-refractivity contribution in [2.24, 2.45) is 5.41 Å². The molecule has 0 unspecified atom stereocenters. The summed E-state index contributed by atoms with van der Waals surface area (Å²) in [5.41, 5.74) is 2.23. The van der Waals surface area contributed by atoms with Crippen LogP contribution in [0, 0.1) is 5.41 Å². The van der Waals surface area contributed by atoms with Crippen LogP contribution in [0.4, 0.5) is 4.39 Å². The van der Waals surface area contributed by atoms with Crippen LogP contribution in [-0.4, -0.2) is 65.4 Å². The lowest BCUT2D eigenvalue weighted by Gasteiger charge is -2.48. The SMILES string of the molecule is CC1(C)C(=O)N(C2CC(N3CCC[C@@H](F)C3)C2)C2=C1CCC(B1OC(C)(C)C(C)(C)O1)=C2. The van der Waals surface area contributed by atoms with Crippen LogP contribution in [0.1, 0.15) is 80.1 Å². The average molecular weight is 444 g/mol. The normalized spacial score (nSPS) is 36.3. The molecular weight excluding hydrogens is 406 g/mol.